The van der Waals surface area contributed by atoms with Crippen LogP contribution in [0.5, 0.6) is 0 Å². The number of aliphatic imine (C=N–C) groups is 1. The maximum Gasteiger partial charge on any atom is 0.161 e. The van der Waals surface area contributed by atoms with Gasteiger partial charge in [-0.05, 0) is 38.5 Å². The maximum atomic E-state index is 5.93. The van der Waals surface area contributed by atoms with Crippen molar-refractivity contribution in [2.75, 3.05) is 11.1 Å². The number of nitrogens with one attached hydrogen (secondary N) is 1. The molecule has 0 saturated heterocycles. The Hall–Kier alpha value is -0.670. The molecule has 1 aliphatic heterocycles. The van der Waals surface area contributed by atoms with Crippen LogP contribution in [0, 0.1) is 0 Å². The SMILES string of the molecule is CC1(C)CCSC(Nc2cccc(Cl)c2)=N1. The monoisotopic (exact) mass is 254 g/mol. The van der Waals surface area contributed by atoms with Gasteiger partial charge in [-0.25, -0.2) is 0 Å². The van der Waals surface area contributed by atoms with Gasteiger partial charge in [0.05, 0.1) is 5.54 Å². The van der Waals surface area contributed by atoms with E-state index in [1.165, 1.54) is 0 Å². The third-order valence-corrected chi connectivity index (χ3v) is 3.54. The number of amidine groups is 1. The van der Waals surface area contributed by atoms with Crippen LogP contribution in [-0.4, -0.2) is 16.5 Å². The fourth-order valence-electron chi connectivity index (χ4n) is 1.51. The van der Waals surface area contributed by atoms with Gasteiger partial charge < -0.3 is 5.32 Å². The summed E-state index contributed by atoms with van der Waals surface area (Å²) in [5, 5.41) is 5.03. The van der Waals surface area contributed by atoms with Crippen LogP contribution in [0.1, 0.15) is 20.3 Å². The van der Waals surface area contributed by atoms with Crippen molar-refractivity contribution >= 4 is 34.2 Å². The molecule has 0 aliphatic carbocycles. The molecule has 0 amide bonds. The van der Waals surface area contributed by atoms with E-state index >= 15 is 0 Å². The number of nitrogens with zero attached hydrogens (tertiary/aromatic N) is 1. The van der Waals surface area contributed by atoms with E-state index in [2.05, 4.69) is 24.2 Å². The number of rotatable bonds is 1. The quantitative estimate of drug-likeness (QED) is 0.819. The van der Waals surface area contributed by atoms with E-state index in [9.17, 15) is 0 Å². The molecule has 4 heteroatoms. The molecule has 0 spiro atoms. The summed E-state index contributed by atoms with van der Waals surface area (Å²) in [6.07, 6.45) is 1.12. The summed E-state index contributed by atoms with van der Waals surface area (Å²) in [7, 11) is 0. The van der Waals surface area contributed by atoms with Gasteiger partial charge in [-0.1, -0.05) is 29.4 Å². The zero-order valence-corrected chi connectivity index (χ0v) is 11.0. The average molecular weight is 255 g/mol. The Morgan fingerprint density at radius 1 is 1.44 bits per heavy atom. The van der Waals surface area contributed by atoms with Gasteiger partial charge >= 0.3 is 0 Å². The highest BCUT2D eigenvalue weighted by molar-refractivity contribution is 8.14. The predicted octanol–water partition coefficient (Wildman–Crippen LogP) is 4.02. The van der Waals surface area contributed by atoms with Crippen molar-refractivity contribution in [3.63, 3.8) is 0 Å². The van der Waals surface area contributed by atoms with Gasteiger partial charge in [0.1, 0.15) is 0 Å². The Labute approximate surface area is 105 Å². The van der Waals surface area contributed by atoms with Crippen LogP contribution in [-0.2, 0) is 0 Å². The fourth-order valence-corrected chi connectivity index (χ4v) is 3.00. The van der Waals surface area contributed by atoms with Crippen LogP contribution >= 0.6 is 23.4 Å². The highest BCUT2D eigenvalue weighted by Crippen LogP contribution is 2.27. The first-order valence-electron chi connectivity index (χ1n) is 5.30. The minimum atomic E-state index is 0.0478. The molecular weight excluding hydrogens is 240 g/mol. The third-order valence-electron chi connectivity index (χ3n) is 2.43. The van der Waals surface area contributed by atoms with Crippen molar-refractivity contribution in [2.45, 2.75) is 25.8 Å². The summed E-state index contributed by atoms with van der Waals surface area (Å²) in [4.78, 5) is 4.66. The fraction of sp³-hybridized carbons (Fsp3) is 0.417. The second kappa shape index (κ2) is 4.68. The molecule has 0 radical (unpaired) electrons. The lowest BCUT2D eigenvalue weighted by atomic mass is 10.0. The zero-order chi connectivity index (χ0) is 11.6. The normalized spacial score (nSPS) is 19.1. The number of thioether (sulfide) groups is 1. The lowest BCUT2D eigenvalue weighted by Gasteiger charge is -2.26. The minimum Gasteiger partial charge on any atom is -0.335 e. The number of anilines is 1. The van der Waals surface area contributed by atoms with Crippen molar-refractivity contribution in [3.8, 4) is 0 Å². The van der Waals surface area contributed by atoms with E-state index in [4.69, 9.17) is 11.6 Å². The van der Waals surface area contributed by atoms with E-state index in [1.807, 2.05) is 24.3 Å². The lowest BCUT2D eigenvalue weighted by molar-refractivity contribution is 0.507. The number of hydrogen-bond acceptors (Lipinski definition) is 3. The Balaban J connectivity index is 2.13. The summed E-state index contributed by atoms with van der Waals surface area (Å²) in [5.74, 6) is 1.11. The Morgan fingerprint density at radius 3 is 2.94 bits per heavy atom. The maximum absolute atomic E-state index is 5.93. The van der Waals surface area contributed by atoms with E-state index < -0.39 is 0 Å². The summed E-state index contributed by atoms with van der Waals surface area (Å²) in [5.41, 5.74) is 1.04. The van der Waals surface area contributed by atoms with Crippen LogP contribution in [0.2, 0.25) is 5.02 Å². The van der Waals surface area contributed by atoms with Crippen LogP contribution in [0.25, 0.3) is 0 Å². The van der Waals surface area contributed by atoms with Gasteiger partial charge in [-0.3, -0.25) is 4.99 Å². The molecule has 1 aromatic carbocycles. The first-order valence-corrected chi connectivity index (χ1v) is 6.67. The van der Waals surface area contributed by atoms with Crippen molar-refractivity contribution < 1.29 is 0 Å². The van der Waals surface area contributed by atoms with Gasteiger partial charge in [0, 0.05) is 16.5 Å². The molecule has 1 aromatic rings. The van der Waals surface area contributed by atoms with Crippen molar-refractivity contribution in [1.82, 2.24) is 0 Å². The van der Waals surface area contributed by atoms with Crippen LogP contribution < -0.4 is 5.32 Å². The van der Waals surface area contributed by atoms with E-state index in [-0.39, 0.29) is 5.54 Å². The Kier molecular flexibility index (Phi) is 3.45. The third kappa shape index (κ3) is 3.16. The molecule has 0 atom stereocenters. The summed E-state index contributed by atoms with van der Waals surface area (Å²) >= 11 is 7.69. The molecule has 16 heavy (non-hydrogen) atoms. The molecule has 2 rings (SSSR count). The van der Waals surface area contributed by atoms with Crippen LogP contribution in [0.3, 0.4) is 0 Å². The molecule has 86 valence electrons. The van der Waals surface area contributed by atoms with Crippen molar-refractivity contribution in [2.24, 2.45) is 4.99 Å². The van der Waals surface area contributed by atoms with Gasteiger partial charge in [0.25, 0.3) is 0 Å². The molecule has 0 fully saturated rings. The summed E-state index contributed by atoms with van der Waals surface area (Å²) < 4.78 is 0. The topological polar surface area (TPSA) is 24.4 Å². The number of halogens is 1. The second-order valence-electron chi connectivity index (χ2n) is 4.46. The van der Waals surface area contributed by atoms with E-state index in [0.717, 1.165) is 28.1 Å². The smallest absolute Gasteiger partial charge is 0.161 e. The molecule has 1 N–H and O–H groups in total. The van der Waals surface area contributed by atoms with Crippen molar-refractivity contribution in [3.05, 3.63) is 29.3 Å². The average Bonchev–Trinajstić information content (AvgIpc) is 2.15. The van der Waals surface area contributed by atoms with Gasteiger partial charge in [-0.15, -0.1) is 0 Å². The van der Waals surface area contributed by atoms with Crippen LogP contribution in [0.4, 0.5) is 5.69 Å². The lowest BCUT2D eigenvalue weighted by Crippen LogP contribution is -2.27. The largest absolute Gasteiger partial charge is 0.335 e. The van der Waals surface area contributed by atoms with Gasteiger partial charge in [0.2, 0.25) is 0 Å². The highest BCUT2D eigenvalue weighted by Gasteiger charge is 2.22. The molecule has 0 bridgehead atoms. The molecule has 0 unspecified atom stereocenters. The molecule has 0 saturated carbocycles. The van der Waals surface area contributed by atoms with E-state index in [0.29, 0.717) is 0 Å². The Morgan fingerprint density at radius 2 is 2.25 bits per heavy atom. The second-order valence-corrected chi connectivity index (χ2v) is 5.98. The number of hydrogen-bond donors (Lipinski definition) is 1. The molecular formula is C12H15ClN2S. The zero-order valence-electron chi connectivity index (χ0n) is 9.46. The van der Waals surface area contributed by atoms with Gasteiger partial charge in [-0.2, -0.15) is 0 Å². The predicted molar refractivity (Wildman–Crippen MR) is 73.7 cm³/mol. The molecule has 1 aliphatic rings. The molecule has 0 aromatic heterocycles. The number of benzene rings is 1. The summed E-state index contributed by atoms with van der Waals surface area (Å²) in [6, 6.07) is 7.71. The first-order chi connectivity index (χ1) is 7.55. The highest BCUT2D eigenvalue weighted by atomic mass is 35.5. The van der Waals surface area contributed by atoms with Crippen LogP contribution in [0.15, 0.2) is 29.3 Å². The van der Waals surface area contributed by atoms with Crippen molar-refractivity contribution in [1.29, 1.82) is 0 Å². The summed E-state index contributed by atoms with van der Waals surface area (Å²) in [6.45, 7) is 4.32. The standard InChI is InChI=1S/C12H15ClN2S/c1-12(2)6-7-16-11(15-12)14-10-5-3-4-9(13)8-10/h3-5,8H,6-7H2,1-2H3,(H,14,15). The molecule has 1 heterocycles. The van der Waals surface area contributed by atoms with E-state index in [1.54, 1.807) is 11.8 Å². The molecule has 2 nitrogen and oxygen atoms in total. The Bertz CT molecular complexity index is 415. The minimum absolute atomic E-state index is 0.0478. The van der Waals surface area contributed by atoms with Gasteiger partial charge in [0.15, 0.2) is 5.17 Å². The first kappa shape index (κ1) is 11.8.